The average Bonchev–Trinajstić information content (AvgIpc) is 3.04. The first-order chi connectivity index (χ1) is 18.9. The number of halogens is 6. The second-order valence-corrected chi connectivity index (χ2v) is 9.57. The van der Waals surface area contributed by atoms with Gasteiger partial charge in [-0.2, -0.15) is 18.3 Å². The minimum atomic E-state index is -4.88. The first kappa shape index (κ1) is 29.3. The van der Waals surface area contributed by atoms with Crippen LogP contribution in [0.25, 0.3) is 0 Å². The number of fused-ring (bicyclic) bond motifs is 1. The standard InChI is InChI=1S/C27H28F6N6O/c1-17-12-21-23(39(25(34)37-35)16-19-4-2-5-20(13-19)40-27(31,32)33)6-3-11-38(15-18-7-9-36-10-8-18)24(21)14-22(17)26(28,29)30/h2,4-5,7-10,12-14,23,25,35H,3,6,11,15-16,34H2,1H3. The SMILES string of the molecule is Cc1cc2c(cc1C(F)(F)F)N(Cc1ccncc1)CCCC2N(Cc1cccc(OC(F)(F)F)c1)C(N)N=N. The molecule has 2 atom stereocenters. The maximum atomic E-state index is 14.0. The molecule has 0 saturated heterocycles. The summed E-state index contributed by atoms with van der Waals surface area (Å²) in [6.07, 6.45) is -6.39. The highest BCUT2D eigenvalue weighted by Crippen LogP contribution is 2.43. The van der Waals surface area contributed by atoms with Crippen molar-refractivity contribution in [2.45, 2.75) is 57.7 Å². The van der Waals surface area contributed by atoms with Gasteiger partial charge >= 0.3 is 12.5 Å². The molecule has 0 bridgehead atoms. The van der Waals surface area contributed by atoms with Crippen molar-refractivity contribution >= 4 is 5.69 Å². The molecule has 0 saturated carbocycles. The smallest absolute Gasteiger partial charge is 0.406 e. The number of alkyl halides is 6. The van der Waals surface area contributed by atoms with E-state index in [1.165, 1.54) is 25.1 Å². The molecule has 0 amide bonds. The Morgan fingerprint density at radius 1 is 1.10 bits per heavy atom. The number of rotatable bonds is 8. The molecular formula is C27H28F6N6O. The Kier molecular flexibility index (Phi) is 8.64. The van der Waals surface area contributed by atoms with Crippen molar-refractivity contribution in [3.63, 3.8) is 0 Å². The van der Waals surface area contributed by atoms with Crippen molar-refractivity contribution < 1.29 is 31.1 Å². The van der Waals surface area contributed by atoms with Crippen LogP contribution < -0.4 is 15.4 Å². The van der Waals surface area contributed by atoms with Gasteiger partial charge in [0, 0.05) is 43.8 Å². The van der Waals surface area contributed by atoms with E-state index < -0.39 is 36.2 Å². The van der Waals surface area contributed by atoms with Crippen LogP contribution in [-0.4, -0.2) is 29.1 Å². The van der Waals surface area contributed by atoms with Crippen LogP contribution in [0.5, 0.6) is 5.75 Å². The minimum absolute atomic E-state index is 0.0207. The maximum absolute atomic E-state index is 14.0. The van der Waals surface area contributed by atoms with E-state index in [0.717, 1.165) is 17.7 Å². The summed E-state index contributed by atoms with van der Waals surface area (Å²) in [6, 6.07) is 11.0. The van der Waals surface area contributed by atoms with Gasteiger partial charge in [0.15, 0.2) is 6.29 Å². The molecule has 0 fully saturated rings. The summed E-state index contributed by atoms with van der Waals surface area (Å²) in [4.78, 5) is 7.49. The molecule has 2 heterocycles. The zero-order valence-electron chi connectivity index (χ0n) is 21.5. The van der Waals surface area contributed by atoms with Gasteiger partial charge in [-0.3, -0.25) is 15.6 Å². The molecule has 2 aromatic carbocycles. The fourth-order valence-corrected chi connectivity index (χ4v) is 5.05. The highest BCUT2D eigenvalue weighted by Gasteiger charge is 2.37. The van der Waals surface area contributed by atoms with Crippen LogP contribution in [0.15, 0.2) is 66.0 Å². The van der Waals surface area contributed by atoms with Crippen LogP contribution in [0.2, 0.25) is 0 Å². The second-order valence-electron chi connectivity index (χ2n) is 9.57. The molecule has 1 aliphatic rings. The summed E-state index contributed by atoms with van der Waals surface area (Å²) in [6.45, 7) is 2.15. The lowest BCUT2D eigenvalue weighted by atomic mass is 9.94. The average molecular weight is 567 g/mol. The summed E-state index contributed by atoms with van der Waals surface area (Å²) in [5.41, 5.74) is 15.3. The van der Waals surface area contributed by atoms with E-state index >= 15 is 0 Å². The van der Waals surface area contributed by atoms with Gasteiger partial charge in [0.25, 0.3) is 0 Å². The first-order valence-electron chi connectivity index (χ1n) is 12.4. The lowest BCUT2D eigenvalue weighted by Crippen LogP contribution is -2.42. The molecule has 1 aliphatic heterocycles. The largest absolute Gasteiger partial charge is 0.573 e. The molecule has 0 aliphatic carbocycles. The van der Waals surface area contributed by atoms with Crippen LogP contribution in [0.3, 0.4) is 0 Å². The number of aryl methyl sites for hydroxylation is 1. The maximum Gasteiger partial charge on any atom is 0.573 e. The summed E-state index contributed by atoms with van der Waals surface area (Å²) >= 11 is 0. The van der Waals surface area contributed by atoms with Crippen molar-refractivity contribution in [3.05, 3.63) is 88.7 Å². The van der Waals surface area contributed by atoms with Crippen LogP contribution in [-0.2, 0) is 19.3 Å². The number of aromatic nitrogens is 1. The van der Waals surface area contributed by atoms with E-state index in [9.17, 15) is 26.3 Å². The fourth-order valence-electron chi connectivity index (χ4n) is 5.05. The number of nitrogens with two attached hydrogens (primary N) is 1. The molecule has 4 rings (SSSR count). The van der Waals surface area contributed by atoms with E-state index in [4.69, 9.17) is 11.3 Å². The molecule has 3 N–H and O–H groups in total. The number of nitrogens with zero attached hydrogens (tertiary/aromatic N) is 4. The van der Waals surface area contributed by atoms with Gasteiger partial charge in [-0.05, 0) is 72.4 Å². The number of nitrogens with one attached hydrogen (secondary N) is 1. The molecule has 1 aromatic heterocycles. The third-order valence-electron chi connectivity index (χ3n) is 6.78. The van der Waals surface area contributed by atoms with Crippen LogP contribution in [0.1, 0.15) is 46.7 Å². The van der Waals surface area contributed by atoms with Crippen molar-refractivity contribution in [3.8, 4) is 5.75 Å². The monoisotopic (exact) mass is 566 g/mol. The fraction of sp³-hybridized carbons (Fsp3) is 0.370. The van der Waals surface area contributed by atoms with E-state index in [2.05, 4.69) is 14.8 Å². The summed E-state index contributed by atoms with van der Waals surface area (Å²) in [5, 5.41) is 3.45. The summed E-state index contributed by atoms with van der Waals surface area (Å²) < 4.78 is 84.3. The molecule has 0 radical (unpaired) electrons. The van der Waals surface area contributed by atoms with Gasteiger partial charge in [0.05, 0.1) is 5.56 Å². The van der Waals surface area contributed by atoms with E-state index in [0.29, 0.717) is 42.7 Å². The van der Waals surface area contributed by atoms with Crippen molar-refractivity contribution in [2.24, 2.45) is 10.8 Å². The Morgan fingerprint density at radius 3 is 2.48 bits per heavy atom. The van der Waals surface area contributed by atoms with Crippen LogP contribution in [0, 0.1) is 12.5 Å². The minimum Gasteiger partial charge on any atom is -0.406 e. The molecule has 3 aromatic rings. The zero-order valence-corrected chi connectivity index (χ0v) is 21.5. The number of pyridine rings is 1. The quantitative estimate of drug-likeness (QED) is 0.175. The van der Waals surface area contributed by atoms with Gasteiger partial charge in [-0.25, -0.2) is 5.53 Å². The van der Waals surface area contributed by atoms with Gasteiger partial charge in [-0.15, -0.1) is 13.2 Å². The van der Waals surface area contributed by atoms with Gasteiger partial charge in [-0.1, -0.05) is 18.2 Å². The number of hydrogen-bond donors (Lipinski definition) is 2. The van der Waals surface area contributed by atoms with Crippen molar-refractivity contribution in [1.29, 1.82) is 5.53 Å². The molecule has 214 valence electrons. The van der Waals surface area contributed by atoms with E-state index in [-0.39, 0.29) is 12.1 Å². The zero-order chi connectivity index (χ0) is 29.1. The molecule has 2 unspecified atom stereocenters. The number of ether oxygens (including phenoxy) is 1. The topological polar surface area (TPSA) is 90.8 Å². The van der Waals surface area contributed by atoms with E-state index in [1.54, 1.807) is 35.5 Å². The van der Waals surface area contributed by atoms with Gasteiger partial charge in [0.2, 0.25) is 0 Å². The Hall–Kier alpha value is -3.71. The highest BCUT2D eigenvalue weighted by atomic mass is 19.4. The molecule has 0 spiro atoms. The third-order valence-corrected chi connectivity index (χ3v) is 6.78. The first-order valence-corrected chi connectivity index (χ1v) is 12.4. The van der Waals surface area contributed by atoms with Crippen molar-refractivity contribution in [2.75, 3.05) is 11.4 Å². The van der Waals surface area contributed by atoms with Crippen LogP contribution in [0.4, 0.5) is 32.0 Å². The van der Waals surface area contributed by atoms with Crippen LogP contribution >= 0.6 is 0 Å². The predicted octanol–water partition coefficient (Wildman–Crippen LogP) is 6.92. The molecule has 13 heteroatoms. The molecule has 40 heavy (non-hydrogen) atoms. The molecular weight excluding hydrogens is 538 g/mol. The molecule has 7 nitrogen and oxygen atoms in total. The third kappa shape index (κ3) is 7.07. The lowest BCUT2D eigenvalue weighted by Gasteiger charge is -2.35. The van der Waals surface area contributed by atoms with Gasteiger partial charge < -0.3 is 9.64 Å². The Morgan fingerprint density at radius 2 is 1.82 bits per heavy atom. The van der Waals surface area contributed by atoms with Crippen molar-refractivity contribution in [1.82, 2.24) is 9.88 Å². The Balaban J connectivity index is 1.78. The summed E-state index contributed by atoms with van der Waals surface area (Å²) in [7, 11) is 0. The van der Waals surface area contributed by atoms with Gasteiger partial charge in [0.1, 0.15) is 5.75 Å². The Bertz CT molecular complexity index is 1320. The normalized spacial score (nSPS) is 16.8. The highest BCUT2D eigenvalue weighted by molar-refractivity contribution is 5.60. The lowest BCUT2D eigenvalue weighted by molar-refractivity contribution is -0.274. The van der Waals surface area contributed by atoms with E-state index in [1.807, 2.05) is 4.90 Å². The second kappa shape index (κ2) is 11.8. The number of anilines is 1. The number of hydrogen-bond acceptors (Lipinski definition) is 7. The number of benzene rings is 2. The predicted molar refractivity (Wildman–Crippen MR) is 135 cm³/mol. The Labute approximate surface area is 227 Å². The summed E-state index contributed by atoms with van der Waals surface area (Å²) in [5.74, 6) is -0.420.